The highest BCUT2D eigenvalue weighted by atomic mass is 16.6. The van der Waals surface area contributed by atoms with Gasteiger partial charge in [-0.3, -0.25) is 0 Å². The molecule has 2 aromatic rings. The second-order valence-corrected chi connectivity index (χ2v) is 8.29. The van der Waals surface area contributed by atoms with E-state index in [0.717, 1.165) is 49.8 Å². The highest BCUT2D eigenvalue weighted by molar-refractivity contribution is 5.67. The summed E-state index contributed by atoms with van der Waals surface area (Å²) in [4.78, 5) is 22.4. The van der Waals surface area contributed by atoms with Crippen LogP contribution in [0.1, 0.15) is 31.2 Å². The summed E-state index contributed by atoms with van der Waals surface area (Å²) < 4.78 is 11.2. The van der Waals surface area contributed by atoms with Crippen molar-refractivity contribution in [1.29, 1.82) is 0 Å². The molecule has 1 aromatic carbocycles. The number of ether oxygens (including phenoxy) is 2. The number of hydrogen-bond acceptors (Lipinski definition) is 5. The van der Waals surface area contributed by atoms with Gasteiger partial charge in [0.05, 0.1) is 24.8 Å². The van der Waals surface area contributed by atoms with Gasteiger partial charge in [0.25, 0.3) is 0 Å². The fraction of sp³-hybridized carbons (Fsp3) is 0.458. The molecule has 31 heavy (non-hydrogen) atoms. The lowest BCUT2D eigenvalue weighted by Gasteiger charge is -2.31. The fourth-order valence-electron chi connectivity index (χ4n) is 4.44. The zero-order valence-corrected chi connectivity index (χ0v) is 17.7. The first-order valence-electron chi connectivity index (χ1n) is 11.0. The van der Waals surface area contributed by atoms with E-state index in [1.165, 1.54) is 12.8 Å². The Kier molecular flexibility index (Phi) is 7.02. The molecule has 1 amide bonds. The van der Waals surface area contributed by atoms with Gasteiger partial charge in [-0.1, -0.05) is 30.3 Å². The van der Waals surface area contributed by atoms with Crippen molar-refractivity contribution >= 4 is 18.1 Å². The van der Waals surface area contributed by atoms with Crippen LogP contribution < -0.4 is 10.5 Å². The minimum absolute atomic E-state index is 0.196. The smallest absolute Gasteiger partial charge is 0.410 e. The Morgan fingerprint density at radius 2 is 2.00 bits per heavy atom. The Labute approximate surface area is 183 Å². The van der Waals surface area contributed by atoms with Crippen LogP contribution in [-0.2, 0) is 11.3 Å². The summed E-state index contributed by atoms with van der Waals surface area (Å²) in [5, 5.41) is 0. The molecule has 2 heterocycles. The predicted octanol–water partition coefficient (Wildman–Crippen LogP) is 4.15. The summed E-state index contributed by atoms with van der Waals surface area (Å²) in [5.41, 5.74) is 7.01. The summed E-state index contributed by atoms with van der Waals surface area (Å²) in [5.74, 6) is 2.81. The Bertz CT molecular complexity index is 864. The molecule has 2 fully saturated rings. The van der Waals surface area contributed by atoms with E-state index in [9.17, 15) is 4.79 Å². The predicted molar refractivity (Wildman–Crippen MR) is 119 cm³/mol. The highest BCUT2D eigenvalue weighted by Gasteiger charge is 2.43. The Morgan fingerprint density at radius 3 is 2.71 bits per heavy atom. The SMILES string of the molecule is NC=Nc1ccc(OCC[C@@H]2C[C@@H]2C2CCN(C(=O)OCc3ccccc3)CC2)nc1. The van der Waals surface area contributed by atoms with E-state index in [1.807, 2.05) is 47.4 Å². The van der Waals surface area contributed by atoms with Gasteiger partial charge in [0.2, 0.25) is 5.88 Å². The van der Waals surface area contributed by atoms with Crippen LogP contribution in [0.3, 0.4) is 0 Å². The zero-order valence-electron chi connectivity index (χ0n) is 17.7. The Balaban J connectivity index is 1.12. The standard InChI is InChI=1S/C24H30N4O3/c25-17-27-21-6-7-23(26-15-21)30-13-10-20-14-22(20)19-8-11-28(12-9-19)24(29)31-16-18-4-2-1-3-5-18/h1-7,15,17,19-20,22H,8-14,16H2,(H2,25,27)/t20-,22-/m1/s1. The van der Waals surface area contributed by atoms with Gasteiger partial charge in [-0.25, -0.2) is 14.8 Å². The second kappa shape index (κ2) is 10.3. The molecule has 0 spiro atoms. The molecule has 164 valence electrons. The largest absolute Gasteiger partial charge is 0.478 e. The molecule has 1 aliphatic heterocycles. The molecule has 1 aliphatic carbocycles. The molecule has 2 N–H and O–H groups in total. The molecule has 2 atom stereocenters. The first-order chi connectivity index (χ1) is 15.2. The van der Waals surface area contributed by atoms with Crippen molar-refractivity contribution < 1.29 is 14.3 Å². The molecule has 2 aliphatic rings. The first kappa shape index (κ1) is 21.2. The zero-order chi connectivity index (χ0) is 21.5. The van der Waals surface area contributed by atoms with Crippen LogP contribution >= 0.6 is 0 Å². The maximum atomic E-state index is 12.3. The summed E-state index contributed by atoms with van der Waals surface area (Å²) in [6.45, 7) is 2.60. The molecule has 7 nitrogen and oxygen atoms in total. The monoisotopic (exact) mass is 422 g/mol. The van der Waals surface area contributed by atoms with E-state index in [2.05, 4.69) is 9.98 Å². The first-order valence-corrected chi connectivity index (χ1v) is 11.0. The third kappa shape index (κ3) is 5.96. The molecular weight excluding hydrogens is 392 g/mol. The molecular formula is C24H30N4O3. The molecule has 1 saturated carbocycles. The summed E-state index contributed by atoms with van der Waals surface area (Å²) in [6.07, 6.45) is 7.15. The lowest BCUT2D eigenvalue weighted by atomic mass is 9.91. The van der Waals surface area contributed by atoms with Crippen LogP contribution in [0, 0.1) is 17.8 Å². The van der Waals surface area contributed by atoms with Crippen LogP contribution in [0.25, 0.3) is 0 Å². The van der Waals surface area contributed by atoms with Gasteiger partial charge in [-0.05, 0) is 55.1 Å². The van der Waals surface area contributed by atoms with Crippen LogP contribution in [0.2, 0.25) is 0 Å². The molecule has 1 aromatic heterocycles. The van der Waals surface area contributed by atoms with E-state index in [0.29, 0.717) is 30.7 Å². The number of nitrogens with zero attached hydrogens (tertiary/aromatic N) is 3. The van der Waals surface area contributed by atoms with Gasteiger partial charge >= 0.3 is 6.09 Å². The van der Waals surface area contributed by atoms with E-state index in [-0.39, 0.29) is 6.09 Å². The van der Waals surface area contributed by atoms with Gasteiger partial charge in [0.15, 0.2) is 0 Å². The van der Waals surface area contributed by atoms with Crippen molar-refractivity contribution in [3.63, 3.8) is 0 Å². The highest BCUT2D eigenvalue weighted by Crippen LogP contribution is 2.49. The average molecular weight is 423 g/mol. The van der Waals surface area contributed by atoms with Gasteiger partial charge in [0, 0.05) is 19.2 Å². The molecule has 1 saturated heterocycles. The number of amides is 1. The quantitative estimate of drug-likeness (QED) is 0.510. The van der Waals surface area contributed by atoms with Crippen molar-refractivity contribution in [3.8, 4) is 5.88 Å². The number of carbonyl (C=O) groups excluding carboxylic acids is 1. The van der Waals surface area contributed by atoms with Crippen molar-refractivity contribution in [1.82, 2.24) is 9.88 Å². The lowest BCUT2D eigenvalue weighted by Crippen LogP contribution is -2.39. The number of likely N-dealkylation sites (tertiary alicyclic amines) is 1. The maximum Gasteiger partial charge on any atom is 0.410 e. The van der Waals surface area contributed by atoms with Crippen LogP contribution in [-0.4, -0.2) is 42.0 Å². The van der Waals surface area contributed by atoms with Gasteiger partial charge in [-0.15, -0.1) is 0 Å². The number of nitrogens with two attached hydrogens (primary N) is 1. The number of aliphatic imine (C=N–C) groups is 1. The third-order valence-corrected chi connectivity index (χ3v) is 6.27. The minimum Gasteiger partial charge on any atom is -0.478 e. The van der Waals surface area contributed by atoms with Gasteiger partial charge in [-0.2, -0.15) is 0 Å². The Morgan fingerprint density at radius 1 is 1.19 bits per heavy atom. The van der Waals surface area contributed by atoms with E-state index < -0.39 is 0 Å². The normalized spacial score (nSPS) is 21.2. The third-order valence-electron chi connectivity index (χ3n) is 6.27. The van der Waals surface area contributed by atoms with Crippen molar-refractivity contribution in [2.45, 2.75) is 32.3 Å². The van der Waals surface area contributed by atoms with Crippen molar-refractivity contribution in [2.24, 2.45) is 28.5 Å². The number of piperidine rings is 1. The number of hydrogen-bond donors (Lipinski definition) is 1. The van der Waals surface area contributed by atoms with Crippen LogP contribution in [0.15, 0.2) is 53.7 Å². The molecule has 0 bridgehead atoms. The van der Waals surface area contributed by atoms with Gasteiger partial charge in [0.1, 0.15) is 6.61 Å². The topological polar surface area (TPSA) is 90.0 Å². The number of rotatable bonds is 8. The van der Waals surface area contributed by atoms with Gasteiger partial charge < -0.3 is 20.1 Å². The second-order valence-electron chi connectivity index (χ2n) is 8.29. The lowest BCUT2D eigenvalue weighted by molar-refractivity contribution is 0.0796. The van der Waals surface area contributed by atoms with Crippen LogP contribution in [0.5, 0.6) is 5.88 Å². The summed E-state index contributed by atoms with van der Waals surface area (Å²) in [7, 11) is 0. The molecule has 0 radical (unpaired) electrons. The van der Waals surface area contributed by atoms with E-state index in [4.69, 9.17) is 15.2 Å². The minimum atomic E-state index is -0.196. The number of pyridine rings is 1. The Hall–Kier alpha value is -3.09. The average Bonchev–Trinajstić information content (AvgIpc) is 3.59. The van der Waals surface area contributed by atoms with E-state index in [1.54, 1.807) is 6.20 Å². The number of benzene rings is 1. The fourth-order valence-corrected chi connectivity index (χ4v) is 4.44. The van der Waals surface area contributed by atoms with Crippen molar-refractivity contribution in [3.05, 3.63) is 54.2 Å². The maximum absolute atomic E-state index is 12.3. The molecule has 7 heteroatoms. The number of aromatic nitrogens is 1. The molecule has 0 unspecified atom stereocenters. The number of carbonyl (C=O) groups is 1. The van der Waals surface area contributed by atoms with Crippen LogP contribution in [0.4, 0.5) is 10.5 Å². The summed E-state index contributed by atoms with van der Waals surface area (Å²) in [6, 6.07) is 13.5. The van der Waals surface area contributed by atoms with E-state index >= 15 is 0 Å². The van der Waals surface area contributed by atoms with Crippen molar-refractivity contribution in [2.75, 3.05) is 19.7 Å². The summed E-state index contributed by atoms with van der Waals surface area (Å²) >= 11 is 0. The molecule has 4 rings (SSSR count).